The molecule has 2 unspecified atom stereocenters. The van der Waals surface area contributed by atoms with E-state index < -0.39 is 57.5 Å². The summed E-state index contributed by atoms with van der Waals surface area (Å²) in [5, 5.41) is 8.85. The zero-order valence-electron chi connectivity index (χ0n) is 25.7. The molecule has 0 spiro atoms. The quantitative estimate of drug-likeness (QED) is 0.110. The topological polar surface area (TPSA) is 51.5 Å². The Balaban J connectivity index is 1.26. The van der Waals surface area contributed by atoms with Crippen LogP contribution >= 0.6 is 11.8 Å². The molecule has 2 atom stereocenters. The zero-order chi connectivity index (χ0) is 34.4. The number of halogens is 7. The van der Waals surface area contributed by atoms with E-state index in [1.54, 1.807) is 6.07 Å². The highest BCUT2D eigenvalue weighted by molar-refractivity contribution is 7.99. The lowest BCUT2D eigenvalue weighted by molar-refractivity contribution is -0.187. The molecule has 1 aliphatic heterocycles. The van der Waals surface area contributed by atoms with Crippen LogP contribution < -0.4 is 4.74 Å². The van der Waals surface area contributed by atoms with Gasteiger partial charge in [-0.05, 0) is 83.5 Å². The van der Waals surface area contributed by atoms with Crippen LogP contribution in [0.5, 0.6) is 5.75 Å². The third-order valence-corrected chi connectivity index (χ3v) is 9.09. The van der Waals surface area contributed by atoms with Gasteiger partial charge in [-0.1, -0.05) is 25.1 Å². The average Bonchev–Trinajstić information content (AvgIpc) is 3.04. The summed E-state index contributed by atoms with van der Waals surface area (Å²) in [5.41, 5.74) is -2.31. The van der Waals surface area contributed by atoms with Crippen molar-refractivity contribution in [3.63, 3.8) is 0 Å². The number of benzene rings is 4. The normalized spacial score (nSPS) is 16.5. The molecule has 48 heavy (non-hydrogen) atoms. The van der Waals surface area contributed by atoms with Crippen molar-refractivity contribution in [3.8, 4) is 22.9 Å². The molecule has 12 heteroatoms. The number of nitrogens with zero attached hydrogens (tertiary/aromatic N) is 1. The van der Waals surface area contributed by atoms with E-state index in [1.807, 2.05) is 6.92 Å². The predicted molar refractivity (Wildman–Crippen MR) is 167 cm³/mol. The Kier molecular flexibility index (Phi) is 11.3. The number of hydrogen-bond donors (Lipinski definition) is 0. The molecule has 0 amide bonds. The smallest absolute Gasteiger partial charge is 0.429 e. The monoisotopic (exact) mass is 689 g/mol. The van der Waals surface area contributed by atoms with E-state index in [0.717, 1.165) is 49.2 Å². The van der Waals surface area contributed by atoms with Crippen molar-refractivity contribution in [2.24, 2.45) is 5.92 Å². The minimum Gasteiger partial charge on any atom is -0.429 e. The van der Waals surface area contributed by atoms with Gasteiger partial charge < -0.3 is 14.2 Å². The van der Waals surface area contributed by atoms with E-state index in [9.17, 15) is 8.78 Å². The zero-order valence-corrected chi connectivity index (χ0v) is 26.5. The first-order chi connectivity index (χ1) is 23.0. The molecule has 1 heterocycles. The third kappa shape index (κ3) is 8.32. The molecule has 5 rings (SSSR count). The fourth-order valence-electron chi connectivity index (χ4n) is 5.23. The maximum Gasteiger partial charge on any atom is 0.429 e. The predicted octanol–water partition coefficient (Wildman–Crippen LogP) is 9.83. The molecular formula is C36H30F7NO3S. The minimum atomic E-state index is -4.29. The molecule has 1 fully saturated rings. The van der Waals surface area contributed by atoms with Crippen LogP contribution in [0.2, 0.25) is 0 Å². The largest absolute Gasteiger partial charge is 0.429 e. The molecule has 4 nitrogen and oxygen atoms in total. The van der Waals surface area contributed by atoms with E-state index in [4.69, 9.17) is 14.7 Å². The number of alkyl halides is 2. The number of ether oxygens (including phenoxy) is 3. The first kappa shape index (κ1) is 35.3. The maximum atomic E-state index is 15.2. The molecule has 0 aliphatic carbocycles. The number of hydrogen-bond acceptors (Lipinski definition) is 5. The van der Waals surface area contributed by atoms with Crippen LogP contribution in [0.15, 0.2) is 66.7 Å². The summed E-state index contributed by atoms with van der Waals surface area (Å²) in [6.07, 6.45) is -2.66. The van der Waals surface area contributed by atoms with Crippen LogP contribution in [0.3, 0.4) is 0 Å². The van der Waals surface area contributed by atoms with Gasteiger partial charge in [-0.2, -0.15) is 14.0 Å². The maximum absolute atomic E-state index is 15.2. The van der Waals surface area contributed by atoms with Crippen molar-refractivity contribution in [2.75, 3.05) is 25.6 Å². The molecule has 0 bridgehead atoms. The van der Waals surface area contributed by atoms with Gasteiger partial charge in [0.05, 0.1) is 23.3 Å². The van der Waals surface area contributed by atoms with Crippen molar-refractivity contribution < 1.29 is 44.9 Å². The van der Waals surface area contributed by atoms with Gasteiger partial charge in [0.1, 0.15) is 46.3 Å². The molecule has 4 aromatic carbocycles. The Labute approximate surface area is 277 Å². The fourth-order valence-corrected chi connectivity index (χ4v) is 6.44. The van der Waals surface area contributed by atoms with Crippen molar-refractivity contribution in [2.45, 2.75) is 37.7 Å². The Morgan fingerprint density at radius 1 is 0.875 bits per heavy atom. The van der Waals surface area contributed by atoms with Gasteiger partial charge in [0.25, 0.3) is 0 Å². The molecule has 0 N–H and O–H groups in total. The van der Waals surface area contributed by atoms with Gasteiger partial charge in [0.15, 0.2) is 0 Å². The molecule has 0 radical (unpaired) electrons. The van der Waals surface area contributed by atoms with Crippen LogP contribution in [0, 0.1) is 46.3 Å². The molecule has 4 aromatic rings. The first-order valence-electron chi connectivity index (χ1n) is 15.1. The van der Waals surface area contributed by atoms with Crippen LogP contribution in [0.1, 0.15) is 53.0 Å². The standard InChI is InChI=1S/C36H30F7NO3S/c1-2-10-45-11-9-22-19-46-35(48-20-22)26-15-32(40)34(33(41)16-26)24-6-8-28(31(39)14-24)36(42,43)47-27-7-5-23(30(38)17-27)12-21-3-4-25(18-44)29(37)13-21/h3-8,13-17,22,35H,2,9-12,19-20H2,1H3. The Hall–Kier alpha value is -4.05. The summed E-state index contributed by atoms with van der Waals surface area (Å²) in [4.78, 5) is 0. The minimum absolute atomic E-state index is 0.0334. The molecule has 1 aliphatic rings. The highest BCUT2D eigenvalue weighted by Gasteiger charge is 2.38. The third-order valence-electron chi connectivity index (χ3n) is 7.71. The second-order valence-corrected chi connectivity index (χ2v) is 12.4. The molecule has 0 saturated carbocycles. The number of thioether (sulfide) groups is 1. The van der Waals surface area contributed by atoms with Gasteiger partial charge in [-0.25, -0.2) is 22.0 Å². The van der Waals surface area contributed by atoms with Gasteiger partial charge in [0.2, 0.25) is 0 Å². The fraction of sp³-hybridized carbons (Fsp3) is 0.306. The van der Waals surface area contributed by atoms with Crippen LogP contribution in [0.25, 0.3) is 11.1 Å². The van der Waals surface area contributed by atoms with Crippen molar-refractivity contribution >= 4 is 11.8 Å². The highest BCUT2D eigenvalue weighted by Crippen LogP contribution is 2.40. The SMILES string of the molecule is CCCOCCC1COC(c2cc(F)c(-c3ccc(C(F)(F)Oc4ccc(Cc5ccc(C#N)c(F)c5)c(F)c4)c(F)c3)c(F)c2)SC1. The number of rotatable bonds is 12. The van der Waals surface area contributed by atoms with Crippen molar-refractivity contribution in [1.29, 1.82) is 5.26 Å². The van der Waals surface area contributed by atoms with Crippen molar-refractivity contribution in [3.05, 3.63) is 124 Å². The van der Waals surface area contributed by atoms with E-state index >= 15 is 22.0 Å². The van der Waals surface area contributed by atoms with Crippen LogP contribution in [-0.2, 0) is 22.0 Å². The van der Waals surface area contributed by atoms with E-state index in [1.165, 1.54) is 23.9 Å². The van der Waals surface area contributed by atoms with E-state index in [-0.39, 0.29) is 34.6 Å². The molecule has 1 saturated heterocycles. The second-order valence-electron chi connectivity index (χ2n) is 11.3. The average molecular weight is 690 g/mol. The molecular weight excluding hydrogens is 659 g/mol. The van der Waals surface area contributed by atoms with Crippen LogP contribution in [-0.4, -0.2) is 25.6 Å². The van der Waals surface area contributed by atoms with Crippen LogP contribution in [0.4, 0.5) is 30.7 Å². The van der Waals surface area contributed by atoms with Gasteiger partial charge in [0, 0.05) is 31.5 Å². The highest BCUT2D eigenvalue weighted by atomic mass is 32.2. The summed E-state index contributed by atoms with van der Waals surface area (Å²) >= 11 is 1.40. The lowest BCUT2D eigenvalue weighted by atomic mass is 10.00. The lowest BCUT2D eigenvalue weighted by Crippen LogP contribution is -2.23. The number of nitriles is 1. The van der Waals surface area contributed by atoms with E-state index in [0.29, 0.717) is 49.3 Å². The Bertz CT molecular complexity index is 1780. The lowest BCUT2D eigenvalue weighted by Gasteiger charge is -2.29. The van der Waals surface area contributed by atoms with E-state index in [2.05, 4.69) is 4.74 Å². The van der Waals surface area contributed by atoms with Crippen molar-refractivity contribution in [1.82, 2.24) is 0 Å². The molecule has 252 valence electrons. The van der Waals surface area contributed by atoms with Gasteiger partial charge in [-0.15, -0.1) is 11.8 Å². The summed E-state index contributed by atoms with van der Waals surface area (Å²) in [6.45, 7) is 3.71. The summed E-state index contributed by atoms with van der Waals surface area (Å²) in [5.74, 6) is -4.92. The summed E-state index contributed by atoms with van der Waals surface area (Å²) in [6, 6.07) is 12.6. The second kappa shape index (κ2) is 15.4. The molecule has 0 aromatic heterocycles. The Morgan fingerprint density at radius 3 is 2.27 bits per heavy atom. The first-order valence-corrected chi connectivity index (χ1v) is 16.2. The van der Waals surface area contributed by atoms with Gasteiger partial charge in [-0.3, -0.25) is 0 Å². The van der Waals surface area contributed by atoms with Gasteiger partial charge >= 0.3 is 6.11 Å². The summed E-state index contributed by atoms with van der Waals surface area (Å²) < 4.78 is 120. The Morgan fingerprint density at radius 2 is 1.65 bits per heavy atom. The summed E-state index contributed by atoms with van der Waals surface area (Å²) in [7, 11) is 0.